The van der Waals surface area contributed by atoms with Gasteiger partial charge in [-0.3, -0.25) is 14.5 Å². The smallest absolute Gasteiger partial charge is 0.255 e. The van der Waals surface area contributed by atoms with Gasteiger partial charge in [0.1, 0.15) is 12.1 Å². The third-order valence-electron chi connectivity index (χ3n) is 6.16. The normalized spacial score (nSPS) is 15.8. The van der Waals surface area contributed by atoms with Gasteiger partial charge in [-0.15, -0.1) is 0 Å². The van der Waals surface area contributed by atoms with Gasteiger partial charge in [-0.2, -0.15) is 4.31 Å². The number of nitrogens with one attached hydrogen (secondary N) is 2. The molecule has 0 bridgehead atoms. The fraction of sp³-hybridized carbons (Fsp3) is 0.458. The van der Waals surface area contributed by atoms with Gasteiger partial charge in [0, 0.05) is 65.2 Å². The second-order valence-electron chi connectivity index (χ2n) is 9.45. The summed E-state index contributed by atoms with van der Waals surface area (Å²) in [6.45, 7) is 7.58. The quantitative estimate of drug-likeness (QED) is 0.422. The molecular formula is C24H32N8O4S2. The van der Waals surface area contributed by atoms with Crippen molar-refractivity contribution < 1.29 is 18.0 Å². The number of rotatable bonds is 8. The molecule has 1 aliphatic heterocycles. The molecule has 3 heterocycles. The van der Waals surface area contributed by atoms with Gasteiger partial charge in [-0.25, -0.2) is 23.4 Å². The van der Waals surface area contributed by atoms with Crippen molar-refractivity contribution in [3.63, 3.8) is 0 Å². The van der Waals surface area contributed by atoms with Crippen LogP contribution in [0.2, 0.25) is 0 Å². The van der Waals surface area contributed by atoms with Crippen LogP contribution in [0.5, 0.6) is 0 Å². The van der Waals surface area contributed by atoms with Gasteiger partial charge in [0.2, 0.25) is 5.91 Å². The fourth-order valence-corrected chi connectivity index (χ4v) is 7.40. The topological polar surface area (TPSA) is 141 Å². The Morgan fingerprint density at radius 1 is 1.16 bits per heavy atom. The van der Waals surface area contributed by atoms with Crippen LogP contribution in [-0.2, 0) is 14.8 Å². The molecule has 38 heavy (non-hydrogen) atoms. The van der Waals surface area contributed by atoms with Crippen molar-refractivity contribution in [2.24, 2.45) is 0 Å². The SMILES string of the molecule is CC(=O)Nc1nc(C)c(S(=O)(=O)N2CCN(C[C@H](C)Nc3ncnc4c(C(=O)N(C)C)cccc34)CC2)s1. The van der Waals surface area contributed by atoms with Crippen LogP contribution in [0.3, 0.4) is 0 Å². The molecule has 2 amide bonds. The Hall–Kier alpha value is -3.20. The molecular weight excluding hydrogens is 528 g/mol. The summed E-state index contributed by atoms with van der Waals surface area (Å²) in [7, 11) is -0.293. The molecule has 4 rings (SSSR count). The summed E-state index contributed by atoms with van der Waals surface area (Å²) in [6, 6.07) is 5.47. The Morgan fingerprint density at radius 3 is 2.53 bits per heavy atom. The molecule has 1 saturated heterocycles. The average molecular weight is 561 g/mol. The molecule has 3 aromatic rings. The van der Waals surface area contributed by atoms with Gasteiger partial charge < -0.3 is 15.5 Å². The highest BCUT2D eigenvalue weighted by atomic mass is 32.2. The van der Waals surface area contributed by atoms with Crippen molar-refractivity contribution in [3.05, 3.63) is 35.8 Å². The van der Waals surface area contributed by atoms with Gasteiger partial charge in [-0.05, 0) is 26.0 Å². The maximum atomic E-state index is 13.2. The highest BCUT2D eigenvalue weighted by Crippen LogP contribution is 2.30. The van der Waals surface area contributed by atoms with E-state index in [1.165, 1.54) is 22.5 Å². The van der Waals surface area contributed by atoms with Crippen molar-refractivity contribution in [2.75, 3.05) is 57.5 Å². The van der Waals surface area contributed by atoms with Crippen molar-refractivity contribution in [1.82, 2.24) is 29.1 Å². The average Bonchev–Trinajstić information content (AvgIpc) is 3.23. The van der Waals surface area contributed by atoms with Gasteiger partial charge in [-0.1, -0.05) is 17.4 Å². The van der Waals surface area contributed by atoms with Crippen LogP contribution >= 0.6 is 11.3 Å². The van der Waals surface area contributed by atoms with Crippen LogP contribution in [0.4, 0.5) is 10.9 Å². The van der Waals surface area contributed by atoms with Gasteiger partial charge in [0.05, 0.1) is 16.8 Å². The van der Waals surface area contributed by atoms with E-state index in [1.54, 1.807) is 27.1 Å². The first-order chi connectivity index (χ1) is 18.0. The molecule has 1 aromatic carbocycles. The molecule has 2 N–H and O–H groups in total. The van der Waals surface area contributed by atoms with Crippen molar-refractivity contribution in [3.8, 4) is 0 Å². The van der Waals surface area contributed by atoms with Crippen LogP contribution in [0.25, 0.3) is 10.9 Å². The lowest BCUT2D eigenvalue weighted by Crippen LogP contribution is -2.50. The molecule has 0 unspecified atom stereocenters. The van der Waals surface area contributed by atoms with Gasteiger partial charge in [0.15, 0.2) is 9.34 Å². The molecule has 1 fully saturated rings. The highest BCUT2D eigenvalue weighted by molar-refractivity contribution is 7.91. The number of hydrogen-bond acceptors (Lipinski definition) is 10. The number of hydrogen-bond donors (Lipinski definition) is 2. The molecule has 0 radical (unpaired) electrons. The number of benzene rings is 1. The lowest BCUT2D eigenvalue weighted by Gasteiger charge is -2.35. The molecule has 0 aliphatic carbocycles. The monoisotopic (exact) mass is 560 g/mol. The van der Waals surface area contributed by atoms with E-state index in [9.17, 15) is 18.0 Å². The summed E-state index contributed by atoms with van der Waals surface area (Å²) in [5.74, 6) is 0.227. The predicted octanol–water partition coefficient (Wildman–Crippen LogP) is 1.86. The number of aryl methyl sites for hydroxylation is 1. The first-order valence-electron chi connectivity index (χ1n) is 12.2. The largest absolute Gasteiger partial charge is 0.366 e. The van der Waals surface area contributed by atoms with Crippen LogP contribution < -0.4 is 10.6 Å². The lowest BCUT2D eigenvalue weighted by molar-refractivity contribution is -0.114. The first-order valence-corrected chi connectivity index (χ1v) is 14.4. The summed E-state index contributed by atoms with van der Waals surface area (Å²) in [5.41, 5.74) is 1.49. The van der Waals surface area contributed by atoms with Crippen LogP contribution in [-0.4, -0.2) is 102 Å². The van der Waals surface area contributed by atoms with E-state index >= 15 is 0 Å². The Kier molecular flexibility index (Phi) is 8.25. The Labute approximate surface area is 226 Å². The highest BCUT2D eigenvalue weighted by Gasteiger charge is 2.32. The summed E-state index contributed by atoms with van der Waals surface area (Å²) >= 11 is 0.974. The van der Waals surface area contributed by atoms with E-state index in [0.29, 0.717) is 55.3 Å². The zero-order valence-corrected chi connectivity index (χ0v) is 23.7. The number of fused-ring (bicyclic) bond motifs is 1. The molecule has 14 heteroatoms. The summed E-state index contributed by atoms with van der Waals surface area (Å²) in [5, 5.41) is 7.03. The second kappa shape index (κ2) is 11.3. The van der Waals surface area contributed by atoms with E-state index in [2.05, 4.69) is 30.5 Å². The van der Waals surface area contributed by atoms with E-state index in [-0.39, 0.29) is 27.2 Å². The number of anilines is 2. The molecule has 0 spiro atoms. The number of sulfonamides is 1. The van der Waals surface area contributed by atoms with Gasteiger partial charge >= 0.3 is 0 Å². The van der Waals surface area contributed by atoms with Gasteiger partial charge in [0.25, 0.3) is 15.9 Å². The minimum Gasteiger partial charge on any atom is -0.366 e. The van der Waals surface area contributed by atoms with Crippen molar-refractivity contribution in [1.29, 1.82) is 0 Å². The Balaban J connectivity index is 1.39. The Bertz CT molecular complexity index is 1450. The van der Waals surface area contributed by atoms with Crippen LogP contribution in [0, 0.1) is 6.92 Å². The summed E-state index contributed by atoms with van der Waals surface area (Å²) in [4.78, 5) is 40.6. The second-order valence-corrected chi connectivity index (χ2v) is 12.6. The molecule has 12 nitrogen and oxygen atoms in total. The molecule has 2 aromatic heterocycles. The summed E-state index contributed by atoms with van der Waals surface area (Å²) in [6.07, 6.45) is 1.45. The van der Waals surface area contributed by atoms with Crippen LogP contribution in [0.15, 0.2) is 28.7 Å². The molecule has 1 atom stereocenters. The number of amides is 2. The number of para-hydroxylation sites is 1. The van der Waals surface area contributed by atoms with Crippen molar-refractivity contribution in [2.45, 2.75) is 31.0 Å². The Morgan fingerprint density at radius 2 is 1.87 bits per heavy atom. The van der Waals surface area contributed by atoms with Crippen molar-refractivity contribution >= 4 is 55.0 Å². The minimum atomic E-state index is -3.70. The summed E-state index contributed by atoms with van der Waals surface area (Å²) < 4.78 is 28.1. The zero-order chi connectivity index (χ0) is 27.6. The number of carbonyl (C=O) groups is 2. The molecule has 0 saturated carbocycles. The molecule has 204 valence electrons. The number of aromatic nitrogens is 3. The minimum absolute atomic E-state index is 0.00779. The number of carbonyl (C=O) groups excluding carboxylic acids is 2. The fourth-order valence-electron chi connectivity index (χ4n) is 4.38. The standard InChI is InChI=1S/C24H32N8O4S2/c1-15(27-21-18-7-6-8-19(22(34)30(4)5)20(18)25-14-26-21)13-31-9-11-32(12-10-31)38(35,36)23-16(2)28-24(37-23)29-17(3)33/h6-8,14-15H,9-13H2,1-5H3,(H,25,26,27)(H,28,29,33)/t15-/m0/s1. The van der Waals surface area contributed by atoms with E-state index in [4.69, 9.17) is 0 Å². The predicted molar refractivity (Wildman–Crippen MR) is 147 cm³/mol. The maximum Gasteiger partial charge on any atom is 0.255 e. The molecule has 1 aliphatic rings. The first kappa shape index (κ1) is 27.8. The lowest BCUT2D eigenvalue weighted by atomic mass is 10.1. The third-order valence-corrected chi connectivity index (χ3v) is 9.72. The number of piperazine rings is 1. The number of thiazole rings is 1. The maximum absolute atomic E-state index is 13.2. The van der Waals surface area contributed by atoms with E-state index in [1.807, 2.05) is 19.1 Å². The third kappa shape index (κ3) is 5.93. The zero-order valence-electron chi connectivity index (χ0n) is 22.1. The number of nitrogens with zero attached hydrogens (tertiary/aromatic N) is 6. The van der Waals surface area contributed by atoms with Crippen LogP contribution in [0.1, 0.15) is 29.9 Å². The van der Waals surface area contributed by atoms with E-state index < -0.39 is 10.0 Å². The van der Waals surface area contributed by atoms with E-state index in [0.717, 1.165) is 16.7 Å².